The fourth-order valence-corrected chi connectivity index (χ4v) is 3.55. The summed E-state index contributed by atoms with van der Waals surface area (Å²) in [6.07, 6.45) is 3.23. The lowest BCUT2D eigenvalue weighted by Crippen LogP contribution is -2.49. The molecule has 1 fully saturated rings. The van der Waals surface area contributed by atoms with Gasteiger partial charge in [-0.05, 0) is 49.4 Å². The highest BCUT2D eigenvalue weighted by Gasteiger charge is 2.40. The predicted molar refractivity (Wildman–Crippen MR) is 98.8 cm³/mol. The van der Waals surface area contributed by atoms with Gasteiger partial charge in [-0.25, -0.2) is 0 Å². The molecule has 0 spiro atoms. The molecule has 2 aromatic rings. The van der Waals surface area contributed by atoms with Crippen molar-refractivity contribution in [3.8, 4) is 0 Å². The number of aryl methyl sites for hydroxylation is 2. The van der Waals surface area contributed by atoms with Gasteiger partial charge in [0.15, 0.2) is 0 Å². The normalized spacial score (nSPS) is 16.8. The average molecular weight is 334 g/mol. The molecule has 128 valence electrons. The molecular weight excluding hydrogens is 312 g/mol. The van der Waals surface area contributed by atoms with E-state index in [0.29, 0.717) is 18.9 Å². The van der Waals surface area contributed by atoms with E-state index in [0.717, 1.165) is 24.2 Å². The van der Waals surface area contributed by atoms with E-state index < -0.39 is 0 Å². The number of amides is 2. The lowest BCUT2D eigenvalue weighted by atomic mass is 10.0. The van der Waals surface area contributed by atoms with E-state index in [9.17, 15) is 9.59 Å². The summed E-state index contributed by atoms with van der Waals surface area (Å²) < 4.78 is 0. The topological polar surface area (TPSA) is 40.6 Å². The Morgan fingerprint density at radius 2 is 1.72 bits per heavy atom. The van der Waals surface area contributed by atoms with E-state index in [-0.39, 0.29) is 18.4 Å². The maximum Gasteiger partial charge on any atom is 0.247 e. The molecule has 25 heavy (non-hydrogen) atoms. The van der Waals surface area contributed by atoms with Crippen LogP contribution in [0.1, 0.15) is 30.4 Å². The van der Waals surface area contributed by atoms with Gasteiger partial charge in [0.1, 0.15) is 6.54 Å². The van der Waals surface area contributed by atoms with E-state index in [1.165, 1.54) is 11.1 Å². The Morgan fingerprint density at radius 1 is 1.04 bits per heavy atom. The van der Waals surface area contributed by atoms with Crippen LogP contribution in [0.3, 0.4) is 0 Å². The third-order valence-electron chi connectivity index (χ3n) is 5.08. The summed E-state index contributed by atoms with van der Waals surface area (Å²) in [5.41, 5.74) is 4.13. The molecule has 1 aliphatic heterocycles. The van der Waals surface area contributed by atoms with Crippen LogP contribution in [0.5, 0.6) is 0 Å². The van der Waals surface area contributed by atoms with E-state index >= 15 is 0 Å². The Hall–Kier alpha value is -2.62. The van der Waals surface area contributed by atoms with Gasteiger partial charge in [0.2, 0.25) is 11.8 Å². The highest BCUT2D eigenvalue weighted by atomic mass is 16.2. The monoisotopic (exact) mass is 334 g/mol. The molecule has 1 aliphatic carbocycles. The quantitative estimate of drug-likeness (QED) is 0.859. The van der Waals surface area contributed by atoms with Crippen LogP contribution in [0.15, 0.2) is 48.5 Å². The van der Waals surface area contributed by atoms with E-state index in [2.05, 4.69) is 19.1 Å². The van der Waals surface area contributed by atoms with Crippen molar-refractivity contribution < 1.29 is 9.59 Å². The molecule has 2 aliphatic rings. The van der Waals surface area contributed by atoms with Crippen molar-refractivity contribution in [2.75, 3.05) is 16.3 Å². The summed E-state index contributed by atoms with van der Waals surface area (Å²) in [5, 5.41) is 0. The number of para-hydroxylation sites is 2. The van der Waals surface area contributed by atoms with E-state index in [1.54, 1.807) is 4.90 Å². The minimum absolute atomic E-state index is 0.0134. The smallest absolute Gasteiger partial charge is 0.247 e. The third kappa shape index (κ3) is 3.04. The van der Waals surface area contributed by atoms with Crippen molar-refractivity contribution in [3.05, 3.63) is 59.7 Å². The van der Waals surface area contributed by atoms with Crippen LogP contribution in [0.4, 0.5) is 11.4 Å². The van der Waals surface area contributed by atoms with Crippen LogP contribution in [-0.4, -0.2) is 24.4 Å². The van der Waals surface area contributed by atoms with Crippen molar-refractivity contribution in [1.82, 2.24) is 0 Å². The molecule has 1 heterocycles. The molecule has 0 radical (unpaired) electrons. The number of benzene rings is 2. The van der Waals surface area contributed by atoms with Crippen molar-refractivity contribution in [2.45, 2.75) is 38.6 Å². The van der Waals surface area contributed by atoms with Gasteiger partial charge in [-0.15, -0.1) is 0 Å². The summed E-state index contributed by atoms with van der Waals surface area (Å²) >= 11 is 0. The van der Waals surface area contributed by atoms with Crippen LogP contribution in [0.2, 0.25) is 0 Å². The Morgan fingerprint density at radius 3 is 2.44 bits per heavy atom. The van der Waals surface area contributed by atoms with Gasteiger partial charge in [-0.3, -0.25) is 9.59 Å². The first-order valence-corrected chi connectivity index (χ1v) is 8.91. The van der Waals surface area contributed by atoms with Gasteiger partial charge in [0.25, 0.3) is 0 Å². The van der Waals surface area contributed by atoms with Crippen molar-refractivity contribution in [1.29, 1.82) is 0 Å². The van der Waals surface area contributed by atoms with E-state index in [1.807, 2.05) is 41.3 Å². The molecule has 0 atom stereocenters. The van der Waals surface area contributed by atoms with Gasteiger partial charge >= 0.3 is 0 Å². The summed E-state index contributed by atoms with van der Waals surface area (Å²) in [7, 11) is 0. The lowest BCUT2D eigenvalue weighted by Gasteiger charge is -2.36. The molecule has 4 nitrogen and oxygen atoms in total. The van der Waals surface area contributed by atoms with Gasteiger partial charge in [-0.2, -0.15) is 0 Å². The molecule has 0 bridgehead atoms. The molecule has 0 saturated heterocycles. The van der Waals surface area contributed by atoms with Crippen LogP contribution in [0, 0.1) is 6.92 Å². The van der Waals surface area contributed by atoms with Gasteiger partial charge in [0, 0.05) is 12.5 Å². The molecule has 1 saturated carbocycles. The molecule has 0 N–H and O–H groups in total. The first-order valence-electron chi connectivity index (χ1n) is 8.91. The minimum atomic E-state index is 0.0134. The zero-order valence-corrected chi connectivity index (χ0v) is 14.4. The molecule has 2 aromatic carbocycles. The molecule has 0 aromatic heterocycles. The minimum Gasteiger partial charge on any atom is -0.306 e. The largest absolute Gasteiger partial charge is 0.306 e. The lowest BCUT2D eigenvalue weighted by molar-refractivity contribution is -0.123. The second kappa shape index (κ2) is 6.36. The molecule has 4 rings (SSSR count). The first kappa shape index (κ1) is 15.9. The number of rotatable bonds is 4. The Kier molecular flexibility index (Phi) is 4.04. The maximum absolute atomic E-state index is 12.8. The summed E-state index contributed by atoms with van der Waals surface area (Å²) in [5.74, 6) is 0.0462. The van der Waals surface area contributed by atoms with Crippen LogP contribution < -0.4 is 9.80 Å². The second-order valence-electron chi connectivity index (χ2n) is 6.89. The molecule has 4 heteroatoms. The standard InChI is InChI=1S/C21H22N2O2/c1-15-6-2-3-7-16(15)10-13-20(24)22-14-21(25)23(17-11-12-17)19-9-5-4-8-18(19)22/h2-9,17H,10-14H2,1H3. The molecular formula is C21H22N2O2. The van der Waals surface area contributed by atoms with Gasteiger partial charge in [0.05, 0.1) is 11.4 Å². The Labute approximate surface area is 148 Å². The fourth-order valence-electron chi connectivity index (χ4n) is 3.55. The third-order valence-corrected chi connectivity index (χ3v) is 5.08. The first-order chi connectivity index (χ1) is 12.1. The maximum atomic E-state index is 12.8. The van der Waals surface area contributed by atoms with Crippen molar-refractivity contribution in [3.63, 3.8) is 0 Å². The molecule has 0 unspecified atom stereocenters. The number of carbonyl (C=O) groups is 2. The highest BCUT2D eigenvalue weighted by Crippen LogP contribution is 2.40. The summed E-state index contributed by atoms with van der Waals surface area (Å²) in [6.45, 7) is 2.22. The summed E-state index contributed by atoms with van der Waals surface area (Å²) in [6, 6.07) is 16.2. The highest BCUT2D eigenvalue weighted by molar-refractivity contribution is 6.11. The number of hydrogen-bond acceptors (Lipinski definition) is 2. The SMILES string of the molecule is Cc1ccccc1CCC(=O)N1CC(=O)N(C2CC2)c2ccccc21. The van der Waals surface area contributed by atoms with Crippen LogP contribution in [-0.2, 0) is 16.0 Å². The fraction of sp³-hybridized carbons (Fsp3) is 0.333. The molecule has 2 amide bonds. The van der Waals surface area contributed by atoms with E-state index in [4.69, 9.17) is 0 Å². The zero-order valence-electron chi connectivity index (χ0n) is 14.4. The summed E-state index contributed by atoms with van der Waals surface area (Å²) in [4.78, 5) is 29.0. The van der Waals surface area contributed by atoms with Crippen LogP contribution in [0.25, 0.3) is 0 Å². The van der Waals surface area contributed by atoms with Gasteiger partial charge in [-0.1, -0.05) is 36.4 Å². The number of nitrogens with zero attached hydrogens (tertiary/aromatic N) is 2. The predicted octanol–water partition coefficient (Wildman–Crippen LogP) is 3.47. The van der Waals surface area contributed by atoms with Gasteiger partial charge < -0.3 is 9.80 Å². The average Bonchev–Trinajstić information content (AvgIpc) is 3.45. The Balaban J connectivity index is 1.55. The zero-order chi connectivity index (χ0) is 17.4. The Bertz CT molecular complexity index is 826. The van der Waals surface area contributed by atoms with Crippen molar-refractivity contribution in [2.24, 2.45) is 0 Å². The van der Waals surface area contributed by atoms with Crippen molar-refractivity contribution >= 4 is 23.2 Å². The number of hydrogen-bond donors (Lipinski definition) is 0. The second-order valence-corrected chi connectivity index (χ2v) is 6.89. The van der Waals surface area contributed by atoms with Crippen LogP contribution >= 0.6 is 0 Å². The number of fused-ring (bicyclic) bond motifs is 1. The number of anilines is 2. The number of carbonyl (C=O) groups excluding carboxylic acids is 2.